The average Bonchev–Trinajstić information content (AvgIpc) is 2.49. The van der Waals surface area contributed by atoms with Crippen molar-refractivity contribution in [1.82, 2.24) is 9.78 Å². The van der Waals surface area contributed by atoms with Crippen LogP contribution in [0.25, 0.3) is 0 Å². The Kier molecular flexibility index (Phi) is 5.78. The van der Waals surface area contributed by atoms with E-state index in [2.05, 4.69) is 32.9 Å². The number of rotatable bonds is 5. The number of unbranched alkanes of at least 4 members (excludes halogenated alkanes) is 1. The molecule has 0 radical (unpaired) electrons. The van der Waals surface area contributed by atoms with Crippen LogP contribution in [-0.4, -0.2) is 41.6 Å². The van der Waals surface area contributed by atoms with Gasteiger partial charge in [-0.3, -0.25) is 4.79 Å². The topological polar surface area (TPSA) is 73.4 Å². The molecule has 0 saturated carbocycles. The highest BCUT2D eigenvalue weighted by atomic mass is 79.9. The van der Waals surface area contributed by atoms with Crippen LogP contribution in [0.1, 0.15) is 26.7 Å². The molecule has 1 fully saturated rings. The molecule has 0 aromatic carbocycles. The van der Waals surface area contributed by atoms with Gasteiger partial charge in [0.25, 0.3) is 5.56 Å². The first-order chi connectivity index (χ1) is 10.0. The van der Waals surface area contributed by atoms with Gasteiger partial charge in [-0.25, -0.2) is 4.68 Å². The van der Waals surface area contributed by atoms with Gasteiger partial charge < -0.3 is 15.4 Å². The Morgan fingerprint density at radius 1 is 1.62 bits per heavy atom. The third kappa shape index (κ3) is 3.84. The number of morpholine rings is 1. The fourth-order valence-electron chi connectivity index (χ4n) is 2.36. The normalized spacial score (nSPS) is 20.6. The number of hydrogen-bond acceptors (Lipinski definition) is 5. The Hall–Kier alpha value is -0.920. The second kappa shape index (κ2) is 7.38. The van der Waals surface area contributed by atoms with Crippen LogP contribution in [0.2, 0.25) is 0 Å². The zero-order valence-electron chi connectivity index (χ0n) is 12.6. The van der Waals surface area contributed by atoms with E-state index in [9.17, 15) is 4.79 Å². The Bertz CT molecular complexity index is 532. The number of ether oxygens (including phenoxy) is 1. The fraction of sp³-hybridized carbons (Fsp3) is 0.714. The van der Waals surface area contributed by atoms with Crippen LogP contribution in [0.4, 0.5) is 5.69 Å². The van der Waals surface area contributed by atoms with E-state index in [0.29, 0.717) is 24.2 Å². The maximum Gasteiger partial charge on any atom is 0.283 e. The fourth-order valence-corrected chi connectivity index (χ4v) is 2.91. The summed E-state index contributed by atoms with van der Waals surface area (Å²) in [6.07, 6.45) is 3.72. The molecular weight excluding hydrogens is 336 g/mol. The minimum Gasteiger partial charge on any atom is -0.373 e. The van der Waals surface area contributed by atoms with E-state index in [-0.39, 0.29) is 17.7 Å². The first kappa shape index (κ1) is 16.5. The summed E-state index contributed by atoms with van der Waals surface area (Å²) >= 11 is 3.43. The molecule has 6 nitrogen and oxygen atoms in total. The van der Waals surface area contributed by atoms with Crippen molar-refractivity contribution in [3.05, 3.63) is 21.0 Å². The van der Waals surface area contributed by atoms with Crippen molar-refractivity contribution in [2.24, 2.45) is 5.73 Å². The Morgan fingerprint density at radius 3 is 3.05 bits per heavy atom. The number of aryl methyl sites for hydroxylation is 1. The summed E-state index contributed by atoms with van der Waals surface area (Å²) in [5.41, 5.74) is 6.65. The number of halogens is 1. The van der Waals surface area contributed by atoms with Crippen molar-refractivity contribution in [1.29, 1.82) is 0 Å². The number of anilines is 1. The number of aromatic nitrogens is 2. The van der Waals surface area contributed by atoms with Gasteiger partial charge in [-0.15, -0.1) is 0 Å². The number of nitrogens with zero attached hydrogens (tertiary/aromatic N) is 3. The summed E-state index contributed by atoms with van der Waals surface area (Å²) in [6, 6.07) is -0.0375. The van der Waals surface area contributed by atoms with Crippen molar-refractivity contribution in [2.75, 3.05) is 24.6 Å². The molecule has 2 heterocycles. The summed E-state index contributed by atoms with van der Waals surface area (Å²) in [6.45, 7) is 6.70. The molecule has 2 unspecified atom stereocenters. The van der Waals surface area contributed by atoms with Gasteiger partial charge in [-0.1, -0.05) is 13.3 Å². The Balaban J connectivity index is 2.20. The lowest BCUT2D eigenvalue weighted by Crippen LogP contribution is -2.50. The standard InChI is InChI=1S/C14H23BrN4O2/c1-3-4-5-19-14(20)13(15)11(8-17-19)18-6-7-21-12(9-18)10(2)16/h8,10,12H,3-7,9,16H2,1-2H3. The van der Waals surface area contributed by atoms with Crippen LogP contribution >= 0.6 is 15.9 Å². The second-order valence-electron chi connectivity index (χ2n) is 5.44. The number of nitrogens with two attached hydrogens (primary N) is 1. The van der Waals surface area contributed by atoms with Gasteiger partial charge in [-0.05, 0) is 29.3 Å². The van der Waals surface area contributed by atoms with Gasteiger partial charge in [0.05, 0.1) is 24.6 Å². The Labute approximate surface area is 133 Å². The maximum absolute atomic E-state index is 12.3. The molecule has 7 heteroatoms. The monoisotopic (exact) mass is 358 g/mol. The molecule has 2 atom stereocenters. The van der Waals surface area contributed by atoms with Gasteiger partial charge in [0.15, 0.2) is 0 Å². The van der Waals surface area contributed by atoms with Gasteiger partial charge in [0.2, 0.25) is 0 Å². The van der Waals surface area contributed by atoms with E-state index < -0.39 is 0 Å². The first-order valence-corrected chi connectivity index (χ1v) is 8.21. The van der Waals surface area contributed by atoms with E-state index in [0.717, 1.165) is 25.1 Å². The zero-order valence-corrected chi connectivity index (χ0v) is 14.2. The van der Waals surface area contributed by atoms with Crippen LogP contribution in [0.5, 0.6) is 0 Å². The van der Waals surface area contributed by atoms with Gasteiger partial charge in [0.1, 0.15) is 4.47 Å². The maximum atomic E-state index is 12.3. The molecule has 118 valence electrons. The molecule has 1 saturated heterocycles. The van der Waals surface area contributed by atoms with Crippen molar-refractivity contribution in [2.45, 2.75) is 45.4 Å². The molecular formula is C14H23BrN4O2. The molecule has 0 spiro atoms. The minimum atomic E-state index is -0.0789. The summed E-state index contributed by atoms with van der Waals surface area (Å²) in [7, 11) is 0. The summed E-state index contributed by atoms with van der Waals surface area (Å²) in [5.74, 6) is 0. The smallest absolute Gasteiger partial charge is 0.283 e. The molecule has 21 heavy (non-hydrogen) atoms. The Morgan fingerprint density at radius 2 is 2.38 bits per heavy atom. The molecule has 0 bridgehead atoms. The van der Waals surface area contributed by atoms with E-state index in [4.69, 9.17) is 10.5 Å². The van der Waals surface area contributed by atoms with Crippen LogP contribution in [0.3, 0.4) is 0 Å². The van der Waals surface area contributed by atoms with Crippen molar-refractivity contribution in [3.8, 4) is 0 Å². The second-order valence-corrected chi connectivity index (χ2v) is 6.23. The largest absolute Gasteiger partial charge is 0.373 e. The van der Waals surface area contributed by atoms with E-state index >= 15 is 0 Å². The zero-order chi connectivity index (χ0) is 15.4. The SMILES string of the molecule is CCCCn1ncc(N2CCOC(C(C)N)C2)c(Br)c1=O. The average molecular weight is 359 g/mol. The van der Waals surface area contributed by atoms with E-state index in [1.807, 2.05) is 6.92 Å². The highest BCUT2D eigenvalue weighted by Gasteiger charge is 2.25. The summed E-state index contributed by atoms with van der Waals surface area (Å²) in [5, 5.41) is 4.28. The van der Waals surface area contributed by atoms with Crippen LogP contribution in [0.15, 0.2) is 15.5 Å². The molecule has 1 aliphatic heterocycles. The predicted molar refractivity (Wildman–Crippen MR) is 86.7 cm³/mol. The highest BCUT2D eigenvalue weighted by molar-refractivity contribution is 9.10. The minimum absolute atomic E-state index is 0.0202. The quantitative estimate of drug-likeness (QED) is 0.859. The van der Waals surface area contributed by atoms with Crippen LogP contribution < -0.4 is 16.2 Å². The summed E-state index contributed by atoms with van der Waals surface area (Å²) < 4.78 is 7.74. The highest BCUT2D eigenvalue weighted by Crippen LogP contribution is 2.24. The molecule has 1 aromatic rings. The molecule has 2 rings (SSSR count). The first-order valence-electron chi connectivity index (χ1n) is 7.42. The third-order valence-electron chi connectivity index (χ3n) is 3.71. The lowest BCUT2D eigenvalue weighted by molar-refractivity contribution is 0.0275. The van der Waals surface area contributed by atoms with Crippen molar-refractivity contribution < 1.29 is 4.74 Å². The van der Waals surface area contributed by atoms with Gasteiger partial charge in [-0.2, -0.15) is 5.10 Å². The van der Waals surface area contributed by atoms with Gasteiger partial charge in [0, 0.05) is 25.7 Å². The van der Waals surface area contributed by atoms with Gasteiger partial charge >= 0.3 is 0 Å². The van der Waals surface area contributed by atoms with E-state index in [1.54, 1.807) is 6.20 Å². The van der Waals surface area contributed by atoms with Crippen molar-refractivity contribution in [3.63, 3.8) is 0 Å². The summed E-state index contributed by atoms with van der Waals surface area (Å²) in [4.78, 5) is 14.4. The third-order valence-corrected chi connectivity index (χ3v) is 4.46. The van der Waals surface area contributed by atoms with Crippen LogP contribution in [-0.2, 0) is 11.3 Å². The molecule has 1 aromatic heterocycles. The molecule has 0 aliphatic carbocycles. The number of hydrogen-bond donors (Lipinski definition) is 1. The van der Waals surface area contributed by atoms with E-state index in [1.165, 1.54) is 4.68 Å². The molecule has 2 N–H and O–H groups in total. The lowest BCUT2D eigenvalue weighted by Gasteiger charge is -2.36. The lowest BCUT2D eigenvalue weighted by atomic mass is 10.1. The van der Waals surface area contributed by atoms with Crippen molar-refractivity contribution >= 4 is 21.6 Å². The molecule has 1 aliphatic rings. The van der Waals surface area contributed by atoms with Crippen LogP contribution in [0, 0.1) is 0 Å². The molecule has 0 amide bonds. The predicted octanol–water partition coefficient (Wildman–Crippen LogP) is 1.36.